The number of morpholine rings is 1. The van der Waals surface area contributed by atoms with Gasteiger partial charge in [0, 0.05) is 19.6 Å². The first-order valence-corrected chi connectivity index (χ1v) is 11.5. The molecule has 0 unspecified atom stereocenters. The van der Waals surface area contributed by atoms with Crippen molar-refractivity contribution in [3.63, 3.8) is 0 Å². The molecule has 0 radical (unpaired) electrons. The van der Waals surface area contributed by atoms with Crippen LogP contribution in [0, 0.1) is 12.8 Å². The first kappa shape index (κ1) is 24.8. The van der Waals surface area contributed by atoms with Gasteiger partial charge in [0.05, 0.1) is 23.7 Å². The van der Waals surface area contributed by atoms with Crippen molar-refractivity contribution in [1.82, 2.24) is 14.9 Å². The molecule has 31 heavy (non-hydrogen) atoms. The number of nitrogens with one attached hydrogen (secondary N) is 2. The maximum atomic E-state index is 12.9. The molecule has 1 saturated heterocycles. The Hall–Kier alpha value is -2.50. The molecule has 11 heteroatoms. The minimum atomic E-state index is -3.80. The van der Waals surface area contributed by atoms with E-state index >= 15 is 0 Å². The largest absolute Gasteiger partial charge is 0.452 e. The summed E-state index contributed by atoms with van der Waals surface area (Å²) >= 11 is 0. The number of carbonyl (C=O) groups excluding carboxylic acids is 3. The lowest BCUT2D eigenvalue weighted by atomic mass is 10.1. The van der Waals surface area contributed by atoms with E-state index in [9.17, 15) is 22.8 Å². The van der Waals surface area contributed by atoms with E-state index in [0.717, 1.165) is 6.42 Å². The van der Waals surface area contributed by atoms with Crippen LogP contribution in [0.5, 0.6) is 0 Å². The zero-order chi connectivity index (χ0) is 23.0. The van der Waals surface area contributed by atoms with Gasteiger partial charge >= 0.3 is 12.0 Å². The number of benzene rings is 1. The quantitative estimate of drug-likeness (QED) is 0.560. The molecule has 0 bridgehead atoms. The van der Waals surface area contributed by atoms with Gasteiger partial charge in [-0.25, -0.2) is 18.0 Å². The van der Waals surface area contributed by atoms with Crippen LogP contribution in [-0.2, 0) is 24.3 Å². The number of amides is 3. The van der Waals surface area contributed by atoms with Gasteiger partial charge in [-0.15, -0.1) is 0 Å². The zero-order valence-corrected chi connectivity index (χ0v) is 18.8. The second-order valence-electron chi connectivity index (χ2n) is 7.56. The highest BCUT2D eigenvalue weighted by Gasteiger charge is 2.28. The van der Waals surface area contributed by atoms with Crippen molar-refractivity contribution < 1.29 is 32.3 Å². The van der Waals surface area contributed by atoms with E-state index in [0.29, 0.717) is 31.2 Å². The molecule has 0 aliphatic carbocycles. The third-order valence-corrected chi connectivity index (χ3v) is 6.65. The van der Waals surface area contributed by atoms with Crippen LogP contribution in [0.15, 0.2) is 23.1 Å². The predicted octanol–water partition coefficient (Wildman–Crippen LogP) is 1.04. The summed E-state index contributed by atoms with van der Waals surface area (Å²) in [4.78, 5) is 35.8. The van der Waals surface area contributed by atoms with Crippen molar-refractivity contribution in [1.29, 1.82) is 0 Å². The molecule has 1 aliphatic heterocycles. The predicted molar refractivity (Wildman–Crippen MR) is 112 cm³/mol. The summed E-state index contributed by atoms with van der Waals surface area (Å²) in [6.45, 7) is 6.47. The van der Waals surface area contributed by atoms with E-state index in [1.165, 1.54) is 22.5 Å². The summed E-state index contributed by atoms with van der Waals surface area (Å²) in [6, 6.07) is 3.49. The first-order chi connectivity index (χ1) is 14.6. The van der Waals surface area contributed by atoms with Crippen LogP contribution in [0.1, 0.15) is 36.2 Å². The molecule has 1 aliphatic rings. The van der Waals surface area contributed by atoms with E-state index in [1.807, 2.05) is 13.8 Å². The van der Waals surface area contributed by atoms with Crippen LogP contribution < -0.4 is 10.6 Å². The maximum absolute atomic E-state index is 12.9. The van der Waals surface area contributed by atoms with Gasteiger partial charge in [-0.3, -0.25) is 10.1 Å². The minimum absolute atomic E-state index is 0.00201. The Labute approximate surface area is 182 Å². The summed E-state index contributed by atoms with van der Waals surface area (Å²) in [5.41, 5.74) is 0.477. The number of imide groups is 1. The van der Waals surface area contributed by atoms with Crippen LogP contribution in [0.4, 0.5) is 4.79 Å². The molecular weight excluding hydrogens is 426 g/mol. The maximum Gasteiger partial charge on any atom is 0.338 e. The summed E-state index contributed by atoms with van der Waals surface area (Å²) in [7, 11) is -3.80. The van der Waals surface area contributed by atoms with Crippen LogP contribution >= 0.6 is 0 Å². The van der Waals surface area contributed by atoms with Gasteiger partial charge in [0.1, 0.15) is 0 Å². The third-order valence-electron chi connectivity index (χ3n) is 4.61. The molecule has 1 aromatic rings. The Morgan fingerprint density at radius 2 is 1.87 bits per heavy atom. The molecule has 1 fully saturated rings. The number of hydrogen-bond acceptors (Lipinski definition) is 7. The van der Waals surface area contributed by atoms with Crippen LogP contribution in [0.2, 0.25) is 0 Å². The monoisotopic (exact) mass is 455 g/mol. The average Bonchev–Trinajstić information content (AvgIpc) is 2.72. The second-order valence-corrected chi connectivity index (χ2v) is 9.47. The van der Waals surface area contributed by atoms with Crippen molar-refractivity contribution in [3.8, 4) is 0 Å². The molecule has 172 valence electrons. The highest BCUT2D eigenvalue weighted by atomic mass is 32.2. The van der Waals surface area contributed by atoms with Crippen LogP contribution in [0.3, 0.4) is 0 Å². The van der Waals surface area contributed by atoms with Gasteiger partial charge in [-0.1, -0.05) is 19.9 Å². The fraction of sp³-hybridized carbons (Fsp3) is 0.550. The standard InChI is InChI=1S/C20H29N3O7S/c1-14(2)6-7-21-20(26)22-18(24)13-30-19(25)16-5-4-15(3)17(12-16)31(27,28)23-8-10-29-11-9-23/h4-5,12,14H,6-11,13H2,1-3H3,(H2,21,22,24,26). The molecular formula is C20H29N3O7S. The molecule has 0 atom stereocenters. The van der Waals surface area contributed by atoms with Gasteiger partial charge in [0.2, 0.25) is 10.0 Å². The molecule has 0 aromatic heterocycles. The number of carbonyl (C=O) groups is 3. The summed E-state index contributed by atoms with van der Waals surface area (Å²) in [5, 5.41) is 4.60. The number of ether oxygens (including phenoxy) is 2. The van der Waals surface area contributed by atoms with E-state index in [4.69, 9.17) is 9.47 Å². The smallest absolute Gasteiger partial charge is 0.338 e. The van der Waals surface area contributed by atoms with Crippen LogP contribution in [0.25, 0.3) is 0 Å². The van der Waals surface area contributed by atoms with E-state index in [-0.39, 0.29) is 23.5 Å². The first-order valence-electron chi connectivity index (χ1n) is 10.0. The summed E-state index contributed by atoms with van der Waals surface area (Å²) in [6.07, 6.45) is 0.764. The Morgan fingerprint density at radius 1 is 1.19 bits per heavy atom. The minimum Gasteiger partial charge on any atom is -0.452 e. The number of nitrogens with zero attached hydrogens (tertiary/aromatic N) is 1. The van der Waals surface area contributed by atoms with Crippen molar-refractivity contribution in [2.75, 3.05) is 39.5 Å². The lowest BCUT2D eigenvalue weighted by Crippen LogP contribution is -2.42. The van der Waals surface area contributed by atoms with E-state index in [1.54, 1.807) is 6.92 Å². The number of aryl methyl sites for hydroxylation is 1. The Kier molecular flexibility index (Phi) is 8.96. The molecule has 0 saturated carbocycles. The number of sulfonamides is 1. The molecule has 1 heterocycles. The normalized spacial score (nSPS) is 14.8. The van der Waals surface area contributed by atoms with Crippen molar-refractivity contribution in [2.45, 2.75) is 32.1 Å². The molecule has 1 aromatic carbocycles. The Morgan fingerprint density at radius 3 is 2.52 bits per heavy atom. The lowest BCUT2D eigenvalue weighted by Gasteiger charge is -2.26. The third kappa shape index (κ3) is 7.30. The number of esters is 1. The Balaban J connectivity index is 1.96. The number of urea groups is 1. The summed E-state index contributed by atoms with van der Waals surface area (Å²) in [5.74, 6) is -1.25. The lowest BCUT2D eigenvalue weighted by molar-refractivity contribution is -0.123. The van der Waals surface area contributed by atoms with Crippen molar-refractivity contribution in [2.24, 2.45) is 5.92 Å². The van der Waals surface area contributed by atoms with E-state index in [2.05, 4.69) is 10.6 Å². The van der Waals surface area contributed by atoms with Gasteiger partial charge in [-0.05, 0) is 37.0 Å². The van der Waals surface area contributed by atoms with Crippen molar-refractivity contribution >= 4 is 27.9 Å². The van der Waals surface area contributed by atoms with Gasteiger partial charge in [-0.2, -0.15) is 4.31 Å². The highest BCUT2D eigenvalue weighted by Crippen LogP contribution is 2.22. The SMILES string of the molecule is Cc1ccc(C(=O)OCC(=O)NC(=O)NCCC(C)C)cc1S(=O)(=O)N1CCOCC1. The summed E-state index contributed by atoms with van der Waals surface area (Å²) < 4.78 is 37.2. The number of hydrogen-bond donors (Lipinski definition) is 2. The average molecular weight is 456 g/mol. The molecule has 2 rings (SSSR count). The van der Waals surface area contributed by atoms with Gasteiger partial charge < -0.3 is 14.8 Å². The van der Waals surface area contributed by atoms with E-state index < -0.39 is 34.5 Å². The molecule has 10 nitrogen and oxygen atoms in total. The van der Waals surface area contributed by atoms with Crippen molar-refractivity contribution in [3.05, 3.63) is 29.3 Å². The van der Waals surface area contributed by atoms with Gasteiger partial charge in [0.25, 0.3) is 5.91 Å². The van der Waals surface area contributed by atoms with Gasteiger partial charge in [0.15, 0.2) is 6.61 Å². The Bertz CT molecular complexity index is 909. The fourth-order valence-electron chi connectivity index (χ4n) is 2.83. The highest BCUT2D eigenvalue weighted by molar-refractivity contribution is 7.89. The molecule has 3 amide bonds. The molecule has 2 N–H and O–H groups in total. The molecule has 0 spiro atoms. The van der Waals surface area contributed by atoms with Crippen LogP contribution in [-0.4, -0.2) is 70.1 Å². The zero-order valence-electron chi connectivity index (χ0n) is 18.0. The number of rotatable bonds is 8. The fourth-order valence-corrected chi connectivity index (χ4v) is 4.49. The topological polar surface area (TPSA) is 131 Å². The second kappa shape index (κ2) is 11.2.